The van der Waals surface area contributed by atoms with Gasteiger partial charge in [-0.25, -0.2) is 0 Å². The van der Waals surface area contributed by atoms with E-state index in [-0.39, 0.29) is 27.8 Å². The molecule has 0 bridgehead atoms. The summed E-state index contributed by atoms with van der Waals surface area (Å²) in [5.74, 6) is -0.384. The predicted octanol–water partition coefficient (Wildman–Crippen LogP) is 6.61. The van der Waals surface area contributed by atoms with Crippen molar-refractivity contribution in [1.29, 1.82) is 0 Å². The van der Waals surface area contributed by atoms with Crippen molar-refractivity contribution in [3.8, 4) is 0 Å². The Kier molecular flexibility index (Phi) is 4.68. The lowest BCUT2D eigenvalue weighted by Crippen LogP contribution is -2.30. The van der Waals surface area contributed by atoms with E-state index in [2.05, 4.69) is 71.0 Å². The number of ketones is 2. The zero-order valence-electron chi connectivity index (χ0n) is 20.0. The highest BCUT2D eigenvalue weighted by atomic mass is 16.2. The van der Waals surface area contributed by atoms with Crippen LogP contribution < -0.4 is 0 Å². The van der Waals surface area contributed by atoms with Crippen LogP contribution in [0.25, 0.3) is 0 Å². The molecule has 166 valence electrons. The lowest BCUT2D eigenvalue weighted by Gasteiger charge is -2.38. The molecule has 0 aromatic heterocycles. The standard InChI is InChI=1S/C30H34O2/c1-19-17-23-24(29(4,5)14-13-28(23,2)3)18-22(19)30(15-16-30)21-11-9-20(10-12-21)27-25(31)7-6-8-26(27)32/h9-14,17-18,27H,6-8,15-16H2,1-5H3. The Balaban J connectivity index is 1.54. The first kappa shape index (κ1) is 21.4. The number of fused-ring (bicyclic) bond motifs is 1. The van der Waals surface area contributed by atoms with Crippen molar-refractivity contribution in [1.82, 2.24) is 0 Å². The zero-order chi connectivity index (χ0) is 22.9. The Labute approximate surface area is 192 Å². The van der Waals surface area contributed by atoms with Gasteiger partial charge in [0.1, 0.15) is 17.5 Å². The second kappa shape index (κ2) is 7.01. The summed E-state index contributed by atoms with van der Waals surface area (Å²) in [6.45, 7) is 11.5. The Morgan fingerprint density at radius 2 is 1.28 bits per heavy atom. The van der Waals surface area contributed by atoms with Crippen LogP contribution in [0.3, 0.4) is 0 Å². The maximum Gasteiger partial charge on any atom is 0.147 e. The summed E-state index contributed by atoms with van der Waals surface area (Å²) < 4.78 is 0. The van der Waals surface area contributed by atoms with Crippen LogP contribution in [0.15, 0.2) is 48.6 Å². The van der Waals surface area contributed by atoms with Gasteiger partial charge in [-0.3, -0.25) is 9.59 Å². The van der Waals surface area contributed by atoms with E-state index < -0.39 is 5.92 Å². The second-order valence-electron chi connectivity index (χ2n) is 11.4. The van der Waals surface area contributed by atoms with Gasteiger partial charge in [-0.15, -0.1) is 0 Å². The Morgan fingerprint density at radius 1 is 0.750 bits per heavy atom. The van der Waals surface area contributed by atoms with Crippen molar-refractivity contribution in [2.24, 2.45) is 0 Å². The molecule has 0 saturated heterocycles. The van der Waals surface area contributed by atoms with Crippen LogP contribution in [0.5, 0.6) is 0 Å². The van der Waals surface area contributed by atoms with Crippen molar-refractivity contribution in [3.63, 3.8) is 0 Å². The highest BCUT2D eigenvalue weighted by Gasteiger charge is 2.48. The number of carbonyl (C=O) groups excluding carboxylic acids is 2. The minimum atomic E-state index is -0.548. The van der Waals surface area contributed by atoms with E-state index in [0.29, 0.717) is 19.3 Å². The zero-order valence-corrected chi connectivity index (χ0v) is 20.0. The van der Waals surface area contributed by atoms with E-state index in [1.807, 2.05) is 12.1 Å². The third kappa shape index (κ3) is 3.22. The van der Waals surface area contributed by atoms with Crippen LogP contribution >= 0.6 is 0 Å². The molecule has 2 saturated carbocycles. The van der Waals surface area contributed by atoms with Crippen LogP contribution in [0.2, 0.25) is 0 Å². The first-order valence-corrected chi connectivity index (χ1v) is 12.1. The maximum absolute atomic E-state index is 12.4. The molecule has 0 atom stereocenters. The van der Waals surface area contributed by atoms with Gasteiger partial charge in [0.25, 0.3) is 0 Å². The van der Waals surface area contributed by atoms with Crippen molar-refractivity contribution >= 4 is 11.6 Å². The summed E-state index contributed by atoms with van der Waals surface area (Å²) in [7, 11) is 0. The molecule has 3 aliphatic carbocycles. The van der Waals surface area contributed by atoms with E-state index in [0.717, 1.165) is 18.4 Å². The van der Waals surface area contributed by atoms with Gasteiger partial charge in [-0.2, -0.15) is 0 Å². The van der Waals surface area contributed by atoms with Gasteiger partial charge in [0.2, 0.25) is 0 Å². The van der Waals surface area contributed by atoms with Gasteiger partial charge < -0.3 is 0 Å². The molecule has 0 unspecified atom stereocenters. The van der Waals surface area contributed by atoms with Crippen molar-refractivity contribution in [3.05, 3.63) is 81.9 Å². The van der Waals surface area contributed by atoms with Gasteiger partial charge >= 0.3 is 0 Å². The topological polar surface area (TPSA) is 34.1 Å². The maximum atomic E-state index is 12.4. The average molecular weight is 427 g/mol. The summed E-state index contributed by atoms with van der Waals surface area (Å²) in [6, 6.07) is 13.3. The number of rotatable bonds is 3. The third-order valence-corrected chi connectivity index (χ3v) is 8.22. The minimum Gasteiger partial charge on any atom is -0.299 e. The fourth-order valence-corrected chi connectivity index (χ4v) is 6.00. The van der Waals surface area contributed by atoms with Gasteiger partial charge in [0.05, 0.1) is 0 Å². The molecular weight excluding hydrogens is 392 g/mol. The largest absolute Gasteiger partial charge is 0.299 e. The Bertz CT molecular complexity index is 1120. The smallest absolute Gasteiger partial charge is 0.147 e. The molecule has 0 spiro atoms. The molecule has 0 N–H and O–H groups in total. The molecule has 5 rings (SSSR count). The van der Waals surface area contributed by atoms with Crippen molar-refractivity contribution < 1.29 is 9.59 Å². The normalized spacial score (nSPS) is 23.2. The van der Waals surface area contributed by atoms with Crippen LogP contribution in [0.4, 0.5) is 0 Å². The Hall–Kier alpha value is -2.48. The summed E-state index contributed by atoms with van der Waals surface area (Å²) in [5.41, 5.74) is 7.98. The highest BCUT2D eigenvalue weighted by Crippen LogP contribution is 2.56. The van der Waals surface area contributed by atoms with Crippen LogP contribution in [0.1, 0.15) is 99.1 Å². The predicted molar refractivity (Wildman–Crippen MR) is 129 cm³/mol. The summed E-state index contributed by atoms with van der Waals surface area (Å²) in [6.07, 6.45) is 8.76. The number of allylic oxidation sites excluding steroid dienone is 2. The molecule has 2 aromatic carbocycles. The first-order valence-electron chi connectivity index (χ1n) is 12.1. The van der Waals surface area contributed by atoms with Gasteiger partial charge in [0.15, 0.2) is 0 Å². The number of aryl methyl sites for hydroxylation is 1. The number of carbonyl (C=O) groups is 2. The number of hydrogen-bond donors (Lipinski definition) is 0. The molecule has 32 heavy (non-hydrogen) atoms. The number of Topliss-reactive ketones (excluding diaryl/α,β-unsaturated/α-hetero) is 2. The van der Waals surface area contributed by atoms with Crippen molar-refractivity contribution in [2.45, 2.75) is 88.9 Å². The molecule has 3 aliphatic rings. The third-order valence-electron chi connectivity index (χ3n) is 8.22. The number of benzene rings is 2. The number of hydrogen-bond acceptors (Lipinski definition) is 2. The van der Waals surface area contributed by atoms with Crippen LogP contribution in [-0.2, 0) is 25.8 Å². The molecule has 0 heterocycles. The molecule has 0 amide bonds. The summed E-state index contributed by atoms with van der Waals surface area (Å²) >= 11 is 0. The van der Waals surface area contributed by atoms with E-state index in [9.17, 15) is 9.59 Å². The Morgan fingerprint density at radius 3 is 1.81 bits per heavy atom. The molecule has 2 nitrogen and oxygen atoms in total. The SMILES string of the molecule is Cc1cc2c(cc1C1(c3ccc(C4C(=O)CCCC4=O)cc3)CC1)C(C)(C)C=CC2(C)C. The van der Waals surface area contributed by atoms with E-state index in [1.165, 1.54) is 27.8 Å². The average Bonchev–Trinajstić information content (AvgIpc) is 3.53. The summed E-state index contributed by atoms with van der Waals surface area (Å²) in [4.78, 5) is 24.8. The quantitative estimate of drug-likeness (QED) is 0.409. The molecule has 0 aliphatic heterocycles. The fraction of sp³-hybridized carbons (Fsp3) is 0.467. The first-order chi connectivity index (χ1) is 15.1. The van der Waals surface area contributed by atoms with Gasteiger partial charge in [-0.05, 0) is 59.6 Å². The molecule has 0 radical (unpaired) electrons. The fourth-order valence-electron chi connectivity index (χ4n) is 6.00. The minimum absolute atomic E-state index is 0.0228. The molecular formula is C30H34O2. The molecule has 2 fully saturated rings. The van der Waals surface area contributed by atoms with E-state index >= 15 is 0 Å². The van der Waals surface area contributed by atoms with Crippen molar-refractivity contribution in [2.75, 3.05) is 0 Å². The van der Waals surface area contributed by atoms with Gasteiger partial charge in [-0.1, -0.05) is 76.2 Å². The highest BCUT2D eigenvalue weighted by molar-refractivity contribution is 6.09. The lowest BCUT2D eigenvalue weighted by atomic mass is 9.66. The lowest BCUT2D eigenvalue weighted by molar-refractivity contribution is -0.131. The van der Waals surface area contributed by atoms with E-state index in [1.54, 1.807) is 0 Å². The summed E-state index contributed by atoms with van der Waals surface area (Å²) in [5, 5.41) is 0. The monoisotopic (exact) mass is 426 g/mol. The van der Waals surface area contributed by atoms with E-state index in [4.69, 9.17) is 0 Å². The van der Waals surface area contributed by atoms with Gasteiger partial charge in [0, 0.05) is 29.1 Å². The van der Waals surface area contributed by atoms with Crippen LogP contribution in [0, 0.1) is 6.92 Å². The molecule has 2 aromatic rings. The van der Waals surface area contributed by atoms with Crippen LogP contribution in [-0.4, -0.2) is 11.6 Å². The molecule has 2 heteroatoms. The second-order valence-corrected chi connectivity index (χ2v) is 11.4.